The van der Waals surface area contributed by atoms with Crippen molar-refractivity contribution in [2.24, 2.45) is 0 Å². The molecular formula is C41H25N3S. The van der Waals surface area contributed by atoms with Crippen molar-refractivity contribution < 1.29 is 0 Å². The van der Waals surface area contributed by atoms with Gasteiger partial charge in [-0.3, -0.25) is 4.57 Å². The summed E-state index contributed by atoms with van der Waals surface area (Å²) in [5.74, 6) is 0.981. The van der Waals surface area contributed by atoms with Gasteiger partial charge in [0.05, 0.1) is 31.5 Å². The van der Waals surface area contributed by atoms with E-state index in [4.69, 9.17) is 4.98 Å². The molecule has 0 N–H and O–H groups in total. The van der Waals surface area contributed by atoms with Gasteiger partial charge in [-0.1, -0.05) is 109 Å². The molecule has 0 radical (unpaired) electrons. The number of aromatic nitrogens is 3. The second-order valence-electron chi connectivity index (χ2n) is 11.6. The summed E-state index contributed by atoms with van der Waals surface area (Å²) >= 11 is 1.85. The fourth-order valence-corrected chi connectivity index (χ4v) is 8.52. The lowest BCUT2D eigenvalue weighted by molar-refractivity contribution is 1.11. The van der Waals surface area contributed by atoms with E-state index in [0.29, 0.717) is 0 Å². The first-order valence-electron chi connectivity index (χ1n) is 15.2. The van der Waals surface area contributed by atoms with Gasteiger partial charge in [0.1, 0.15) is 0 Å². The normalized spacial score (nSPS) is 12.0. The van der Waals surface area contributed by atoms with Crippen molar-refractivity contribution in [3.8, 4) is 22.6 Å². The minimum Gasteiger partial charge on any atom is -0.308 e. The first-order valence-corrected chi connectivity index (χ1v) is 16.0. The Morgan fingerprint density at radius 1 is 0.400 bits per heavy atom. The third-order valence-corrected chi connectivity index (χ3v) is 10.4. The highest BCUT2D eigenvalue weighted by atomic mass is 32.1. The van der Waals surface area contributed by atoms with Crippen LogP contribution in [0.1, 0.15) is 0 Å². The average Bonchev–Trinajstić information content (AvgIpc) is 3.77. The molecule has 6 aromatic carbocycles. The number of hydrogen-bond donors (Lipinski definition) is 0. The highest BCUT2D eigenvalue weighted by Gasteiger charge is 2.21. The van der Waals surface area contributed by atoms with E-state index in [9.17, 15) is 0 Å². The smallest absolute Gasteiger partial charge is 0.155 e. The van der Waals surface area contributed by atoms with Gasteiger partial charge in [0.2, 0.25) is 0 Å². The molecule has 0 bridgehead atoms. The molecule has 0 aliphatic rings. The van der Waals surface area contributed by atoms with Crippen LogP contribution in [0.4, 0.5) is 0 Å². The van der Waals surface area contributed by atoms with E-state index in [1.807, 2.05) is 17.5 Å². The van der Waals surface area contributed by atoms with Gasteiger partial charge in [-0.05, 0) is 47.5 Å². The lowest BCUT2D eigenvalue weighted by Crippen LogP contribution is -1.96. The van der Waals surface area contributed by atoms with Gasteiger partial charge < -0.3 is 4.57 Å². The maximum atomic E-state index is 5.05. The molecule has 10 aromatic rings. The number of nitrogens with zero attached hydrogens (tertiary/aromatic N) is 3. The van der Waals surface area contributed by atoms with E-state index in [2.05, 4.69) is 155 Å². The fraction of sp³-hybridized carbons (Fsp3) is 0. The predicted molar refractivity (Wildman–Crippen MR) is 191 cm³/mol. The summed E-state index contributed by atoms with van der Waals surface area (Å²) < 4.78 is 7.27. The van der Waals surface area contributed by atoms with E-state index in [1.165, 1.54) is 74.9 Å². The summed E-state index contributed by atoms with van der Waals surface area (Å²) in [5, 5.41) is 7.52. The molecule has 210 valence electrons. The van der Waals surface area contributed by atoms with Gasteiger partial charge in [0, 0.05) is 44.2 Å². The van der Waals surface area contributed by atoms with Crippen molar-refractivity contribution in [1.82, 2.24) is 14.1 Å². The van der Waals surface area contributed by atoms with Crippen LogP contribution in [0.3, 0.4) is 0 Å². The van der Waals surface area contributed by atoms with Crippen molar-refractivity contribution >= 4 is 75.1 Å². The largest absolute Gasteiger partial charge is 0.308 e. The number of fused-ring (bicyclic) bond motifs is 10. The van der Waals surface area contributed by atoms with E-state index in [0.717, 1.165) is 11.5 Å². The van der Waals surface area contributed by atoms with Gasteiger partial charge in [-0.25, -0.2) is 4.98 Å². The minimum absolute atomic E-state index is 0.981. The summed E-state index contributed by atoms with van der Waals surface area (Å²) in [6.45, 7) is 0. The van der Waals surface area contributed by atoms with Crippen LogP contribution in [0.15, 0.2) is 152 Å². The van der Waals surface area contributed by atoms with E-state index >= 15 is 0 Å². The Hall–Kier alpha value is -5.71. The Labute approximate surface area is 262 Å². The van der Waals surface area contributed by atoms with Crippen LogP contribution in [0.2, 0.25) is 0 Å². The number of para-hydroxylation sites is 3. The Bertz CT molecular complexity index is 2690. The van der Waals surface area contributed by atoms with Crippen LogP contribution in [0, 0.1) is 0 Å². The van der Waals surface area contributed by atoms with E-state index in [1.54, 1.807) is 0 Å². The summed E-state index contributed by atoms with van der Waals surface area (Å²) in [5.41, 5.74) is 8.41. The monoisotopic (exact) mass is 591 g/mol. The standard InChI is InChI=1S/C41H25N3S/c1-2-10-26(11-3-1)27-18-20-28(21-19-27)43-35-15-7-6-14-31(35)32-22-23-33-34-24-25-42-41(40(34)45-39(33)38(32)43)44-36-16-8-4-12-29(36)30-13-5-9-17-37(30)44/h1-25H. The van der Waals surface area contributed by atoms with Crippen LogP contribution in [0.25, 0.3) is 86.4 Å². The summed E-state index contributed by atoms with van der Waals surface area (Å²) in [6, 6.07) is 52.4. The molecule has 0 amide bonds. The summed E-state index contributed by atoms with van der Waals surface area (Å²) in [6.07, 6.45) is 1.97. The van der Waals surface area contributed by atoms with Crippen LogP contribution >= 0.6 is 11.3 Å². The quantitative estimate of drug-likeness (QED) is 0.200. The highest BCUT2D eigenvalue weighted by Crippen LogP contribution is 2.45. The maximum Gasteiger partial charge on any atom is 0.155 e. The van der Waals surface area contributed by atoms with Crippen molar-refractivity contribution in [3.63, 3.8) is 0 Å². The van der Waals surface area contributed by atoms with Gasteiger partial charge in [0.15, 0.2) is 5.82 Å². The number of thiophene rings is 1. The fourth-order valence-electron chi connectivity index (χ4n) is 7.21. The molecule has 0 saturated heterocycles. The van der Waals surface area contributed by atoms with Crippen molar-refractivity contribution in [2.45, 2.75) is 0 Å². The molecule has 0 atom stereocenters. The van der Waals surface area contributed by atoms with Crippen LogP contribution in [0.5, 0.6) is 0 Å². The van der Waals surface area contributed by atoms with Crippen molar-refractivity contribution in [3.05, 3.63) is 152 Å². The van der Waals surface area contributed by atoms with Crippen LogP contribution in [-0.4, -0.2) is 14.1 Å². The molecule has 10 rings (SSSR count). The maximum absolute atomic E-state index is 5.05. The first kappa shape index (κ1) is 24.7. The second kappa shape index (κ2) is 9.39. The SMILES string of the molecule is c1ccc(-c2ccc(-n3c4ccccc4c4ccc5c6ccnc(-n7c8ccccc8c8ccccc87)c6sc5c43)cc2)cc1. The topological polar surface area (TPSA) is 22.8 Å². The van der Waals surface area contributed by atoms with Crippen molar-refractivity contribution in [2.75, 3.05) is 0 Å². The number of rotatable bonds is 3. The molecular weight excluding hydrogens is 567 g/mol. The molecule has 4 heteroatoms. The predicted octanol–water partition coefficient (Wildman–Crippen LogP) is 11.3. The van der Waals surface area contributed by atoms with Gasteiger partial charge in [-0.2, -0.15) is 0 Å². The highest BCUT2D eigenvalue weighted by molar-refractivity contribution is 7.27. The van der Waals surface area contributed by atoms with Gasteiger partial charge in [0.25, 0.3) is 0 Å². The zero-order chi connectivity index (χ0) is 29.5. The molecule has 0 aliphatic heterocycles. The molecule has 0 fully saturated rings. The molecule has 0 unspecified atom stereocenters. The molecule has 0 aliphatic carbocycles. The molecule has 0 saturated carbocycles. The Morgan fingerprint density at radius 2 is 0.933 bits per heavy atom. The van der Waals surface area contributed by atoms with Crippen LogP contribution < -0.4 is 0 Å². The zero-order valence-corrected chi connectivity index (χ0v) is 25.0. The van der Waals surface area contributed by atoms with Crippen molar-refractivity contribution in [1.29, 1.82) is 0 Å². The van der Waals surface area contributed by atoms with E-state index < -0.39 is 0 Å². The van der Waals surface area contributed by atoms with Crippen LogP contribution in [-0.2, 0) is 0 Å². The zero-order valence-electron chi connectivity index (χ0n) is 24.2. The summed E-state index contributed by atoms with van der Waals surface area (Å²) in [7, 11) is 0. The number of pyridine rings is 1. The first-order chi connectivity index (χ1) is 22.3. The molecule has 4 aromatic heterocycles. The molecule has 45 heavy (non-hydrogen) atoms. The molecule has 4 heterocycles. The lowest BCUT2D eigenvalue weighted by Gasteiger charge is -2.10. The van der Waals surface area contributed by atoms with Gasteiger partial charge in [-0.15, -0.1) is 11.3 Å². The number of hydrogen-bond acceptors (Lipinski definition) is 2. The van der Waals surface area contributed by atoms with E-state index in [-0.39, 0.29) is 0 Å². The Kier molecular flexibility index (Phi) is 5.16. The average molecular weight is 592 g/mol. The Morgan fingerprint density at radius 3 is 1.62 bits per heavy atom. The third kappa shape index (κ3) is 3.48. The third-order valence-electron chi connectivity index (χ3n) is 9.19. The minimum atomic E-state index is 0.981. The second-order valence-corrected chi connectivity index (χ2v) is 12.6. The summed E-state index contributed by atoms with van der Waals surface area (Å²) in [4.78, 5) is 5.05. The Balaban J connectivity index is 1.29. The molecule has 0 spiro atoms. The number of benzene rings is 6. The lowest BCUT2D eigenvalue weighted by atomic mass is 10.1. The molecule has 3 nitrogen and oxygen atoms in total. The van der Waals surface area contributed by atoms with Gasteiger partial charge >= 0.3 is 0 Å².